The van der Waals surface area contributed by atoms with Crippen LogP contribution in [0.4, 0.5) is 0 Å². The minimum absolute atomic E-state index is 0.363. The summed E-state index contributed by atoms with van der Waals surface area (Å²) in [7, 11) is 0. The van der Waals surface area contributed by atoms with Crippen molar-refractivity contribution in [3.63, 3.8) is 0 Å². The molecular weight excluding hydrogens is 246 g/mol. The Hall–Kier alpha value is -0.590. The maximum Gasteiger partial charge on any atom is 0.104 e. The standard InChI is InChI=1S/C17H33N3/c1-5-20(16-10-6-7-11-16)13-9-8-12-17(4,14-18)19-15(2)3/h15-16,19H,5-13H2,1-4H3. The topological polar surface area (TPSA) is 39.1 Å². The molecule has 1 aliphatic carbocycles. The summed E-state index contributed by atoms with van der Waals surface area (Å²) in [4.78, 5) is 2.65. The highest BCUT2D eigenvalue weighted by molar-refractivity contribution is 5.04. The number of nitrogens with zero attached hydrogens (tertiary/aromatic N) is 2. The minimum atomic E-state index is -0.363. The Bertz CT molecular complexity index is 302. The molecule has 1 fully saturated rings. The summed E-state index contributed by atoms with van der Waals surface area (Å²) < 4.78 is 0. The lowest BCUT2D eigenvalue weighted by Gasteiger charge is -2.29. The molecule has 0 radical (unpaired) electrons. The first-order valence-electron chi connectivity index (χ1n) is 8.43. The maximum absolute atomic E-state index is 9.34. The van der Waals surface area contributed by atoms with Gasteiger partial charge in [-0.1, -0.05) is 19.8 Å². The van der Waals surface area contributed by atoms with Crippen molar-refractivity contribution >= 4 is 0 Å². The Morgan fingerprint density at radius 2 is 1.95 bits per heavy atom. The van der Waals surface area contributed by atoms with E-state index in [2.05, 4.69) is 37.1 Å². The van der Waals surface area contributed by atoms with E-state index < -0.39 is 0 Å². The van der Waals surface area contributed by atoms with Crippen molar-refractivity contribution in [2.24, 2.45) is 0 Å². The third kappa shape index (κ3) is 5.81. The molecule has 0 heterocycles. The first kappa shape index (κ1) is 17.5. The first-order chi connectivity index (χ1) is 9.50. The van der Waals surface area contributed by atoms with Crippen LogP contribution in [-0.2, 0) is 0 Å². The van der Waals surface area contributed by atoms with E-state index >= 15 is 0 Å². The molecule has 1 atom stereocenters. The van der Waals surface area contributed by atoms with Crippen molar-refractivity contribution in [1.82, 2.24) is 10.2 Å². The number of unbranched alkanes of at least 4 members (excludes halogenated alkanes) is 1. The number of nitriles is 1. The lowest BCUT2D eigenvalue weighted by atomic mass is 9.95. The summed E-state index contributed by atoms with van der Waals surface area (Å²) in [5, 5.41) is 12.7. The van der Waals surface area contributed by atoms with Gasteiger partial charge in [0.2, 0.25) is 0 Å². The van der Waals surface area contributed by atoms with Crippen LogP contribution in [0.25, 0.3) is 0 Å². The van der Waals surface area contributed by atoms with Crippen LogP contribution in [0.2, 0.25) is 0 Å². The second-order valence-electron chi connectivity index (χ2n) is 6.77. The van der Waals surface area contributed by atoms with Crippen molar-refractivity contribution in [1.29, 1.82) is 5.26 Å². The van der Waals surface area contributed by atoms with Crippen molar-refractivity contribution in [3.8, 4) is 6.07 Å². The van der Waals surface area contributed by atoms with Crippen LogP contribution in [-0.4, -0.2) is 35.6 Å². The zero-order chi connectivity index (χ0) is 15.0. The zero-order valence-corrected chi connectivity index (χ0v) is 13.9. The van der Waals surface area contributed by atoms with E-state index in [0.717, 1.165) is 18.9 Å². The molecule has 1 saturated carbocycles. The van der Waals surface area contributed by atoms with Crippen LogP contribution < -0.4 is 5.32 Å². The number of rotatable bonds is 9. The van der Waals surface area contributed by atoms with Crippen molar-refractivity contribution in [2.45, 2.75) is 90.3 Å². The molecule has 1 aliphatic rings. The molecule has 1 unspecified atom stereocenters. The number of nitrogens with one attached hydrogen (secondary N) is 1. The molecule has 0 aliphatic heterocycles. The van der Waals surface area contributed by atoms with Crippen LogP contribution in [0.15, 0.2) is 0 Å². The SMILES string of the molecule is CCN(CCCCC(C)(C#N)NC(C)C)C1CCCC1. The van der Waals surface area contributed by atoms with Gasteiger partial charge in [-0.25, -0.2) is 0 Å². The molecule has 0 spiro atoms. The molecule has 3 nitrogen and oxygen atoms in total. The van der Waals surface area contributed by atoms with Crippen molar-refractivity contribution in [3.05, 3.63) is 0 Å². The van der Waals surface area contributed by atoms with Gasteiger partial charge in [0.05, 0.1) is 6.07 Å². The molecule has 0 amide bonds. The Balaban J connectivity index is 2.27. The summed E-state index contributed by atoms with van der Waals surface area (Å²) in [5.74, 6) is 0. The molecule has 3 heteroatoms. The van der Waals surface area contributed by atoms with E-state index in [9.17, 15) is 5.26 Å². The maximum atomic E-state index is 9.34. The van der Waals surface area contributed by atoms with E-state index in [0.29, 0.717) is 6.04 Å². The Kier molecular flexibility index (Phi) is 7.55. The summed E-state index contributed by atoms with van der Waals surface area (Å²) in [6.07, 6.45) is 8.88. The third-order valence-corrected chi connectivity index (χ3v) is 4.47. The van der Waals surface area contributed by atoms with Crippen LogP contribution in [0.1, 0.15) is 72.6 Å². The number of hydrogen-bond acceptors (Lipinski definition) is 3. The first-order valence-corrected chi connectivity index (χ1v) is 8.43. The second-order valence-corrected chi connectivity index (χ2v) is 6.77. The largest absolute Gasteiger partial charge is 0.301 e. The van der Waals surface area contributed by atoms with Gasteiger partial charge >= 0.3 is 0 Å². The highest BCUT2D eigenvalue weighted by Crippen LogP contribution is 2.24. The zero-order valence-electron chi connectivity index (χ0n) is 13.9. The highest BCUT2D eigenvalue weighted by atomic mass is 15.1. The molecule has 0 bridgehead atoms. The Morgan fingerprint density at radius 3 is 2.45 bits per heavy atom. The molecule has 0 aromatic rings. The van der Waals surface area contributed by atoms with E-state index in [1.807, 2.05) is 6.92 Å². The van der Waals surface area contributed by atoms with Crippen LogP contribution >= 0.6 is 0 Å². The van der Waals surface area contributed by atoms with Gasteiger partial charge < -0.3 is 4.90 Å². The monoisotopic (exact) mass is 279 g/mol. The molecule has 1 rings (SSSR count). The molecule has 0 saturated heterocycles. The second kappa shape index (κ2) is 8.64. The predicted molar refractivity (Wildman–Crippen MR) is 85.6 cm³/mol. The minimum Gasteiger partial charge on any atom is -0.301 e. The average molecular weight is 279 g/mol. The van der Waals surface area contributed by atoms with Gasteiger partial charge in [-0.15, -0.1) is 0 Å². The van der Waals surface area contributed by atoms with Crippen molar-refractivity contribution in [2.75, 3.05) is 13.1 Å². The van der Waals surface area contributed by atoms with Gasteiger partial charge in [0.25, 0.3) is 0 Å². The average Bonchev–Trinajstić information content (AvgIpc) is 2.92. The lowest BCUT2D eigenvalue weighted by molar-refractivity contribution is 0.202. The normalized spacial score (nSPS) is 19.4. The van der Waals surface area contributed by atoms with Crippen LogP contribution in [0, 0.1) is 11.3 Å². The van der Waals surface area contributed by atoms with E-state index in [4.69, 9.17) is 0 Å². The smallest absolute Gasteiger partial charge is 0.104 e. The summed E-state index contributed by atoms with van der Waals surface area (Å²) in [5.41, 5.74) is -0.363. The van der Waals surface area contributed by atoms with Crippen LogP contribution in [0.3, 0.4) is 0 Å². The summed E-state index contributed by atoms with van der Waals surface area (Å²) >= 11 is 0. The molecule has 20 heavy (non-hydrogen) atoms. The molecule has 1 N–H and O–H groups in total. The fraction of sp³-hybridized carbons (Fsp3) is 0.941. The van der Waals surface area contributed by atoms with E-state index in [-0.39, 0.29) is 5.54 Å². The summed E-state index contributed by atoms with van der Waals surface area (Å²) in [6.45, 7) is 10.9. The Morgan fingerprint density at radius 1 is 1.30 bits per heavy atom. The van der Waals surface area contributed by atoms with Gasteiger partial charge in [-0.2, -0.15) is 5.26 Å². The fourth-order valence-electron chi connectivity index (χ4n) is 3.46. The highest BCUT2D eigenvalue weighted by Gasteiger charge is 2.24. The van der Waals surface area contributed by atoms with Gasteiger partial charge in [-0.05, 0) is 66.0 Å². The quantitative estimate of drug-likeness (QED) is 0.654. The summed E-state index contributed by atoms with van der Waals surface area (Å²) in [6, 6.07) is 3.64. The molecule has 0 aromatic carbocycles. The molecular formula is C17H33N3. The van der Waals surface area contributed by atoms with Gasteiger partial charge in [0.15, 0.2) is 0 Å². The van der Waals surface area contributed by atoms with Crippen LogP contribution in [0.5, 0.6) is 0 Å². The number of hydrogen-bond donors (Lipinski definition) is 1. The van der Waals surface area contributed by atoms with E-state index in [1.54, 1.807) is 0 Å². The van der Waals surface area contributed by atoms with Gasteiger partial charge in [0.1, 0.15) is 5.54 Å². The van der Waals surface area contributed by atoms with E-state index in [1.165, 1.54) is 45.2 Å². The fourth-order valence-corrected chi connectivity index (χ4v) is 3.46. The third-order valence-electron chi connectivity index (χ3n) is 4.47. The van der Waals surface area contributed by atoms with Crippen molar-refractivity contribution < 1.29 is 0 Å². The van der Waals surface area contributed by atoms with Gasteiger partial charge in [0, 0.05) is 12.1 Å². The molecule has 116 valence electrons. The van der Waals surface area contributed by atoms with Gasteiger partial charge in [-0.3, -0.25) is 5.32 Å². The predicted octanol–water partition coefficient (Wildman–Crippen LogP) is 3.70. The Labute approximate surface area is 125 Å². The molecule has 0 aromatic heterocycles. The lowest BCUT2D eigenvalue weighted by Crippen LogP contribution is -2.45.